The van der Waals surface area contributed by atoms with E-state index < -0.39 is 12.7 Å². The zero-order valence-electron chi connectivity index (χ0n) is 18.1. The van der Waals surface area contributed by atoms with Crippen molar-refractivity contribution < 1.29 is 23.0 Å². The minimum Gasteiger partial charge on any atom is -0.497 e. The van der Waals surface area contributed by atoms with Gasteiger partial charge in [-0.25, -0.2) is 9.97 Å². The summed E-state index contributed by atoms with van der Waals surface area (Å²) in [7, 11) is 1.58. The van der Waals surface area contributed by atoms with Crippen LogP contribution in [0, 0.1) is 12.8 Å². The number of halogens is 3. The van der Waals surface area contributed by atoms with E-state index in [1.807, 2.05) is 25.1 Å². The molecule has 0 radical (unpaired) electrons. The van der Waals surface area contributed by atoms with E-state index in [-0.39, 0.29) is 18.5 Å². The van der Waals surface area contributed by atoms with E-state index >= 15 is 0 Å². The highest BCUT2D eigenvalue weighted by molar-refractivity contribution is 7.21. The molecule has 0 aliphatic rings. The normalized spacial score (nSPS) is 12.7. The van der Waals surface area contributed by atoms with Gasteiger partial charge in [-0.3, -0.25) is 0 Å². The van der Waals surface area contributed by atoms with Gasteiger partial charge in [0.05, 0.1) is 28.6 Å². The fourth-order valence-electron chi connectivity index (χ4n) is 3.18. The molecule has 3 N–H and O–H groups in total. The zero-order chi connectivity index (χ0) is 23.3. The van der Waals surface area contributed by atoms with Gasteiger partial charge in [0.1, 0.15) is 23.1 Å². The minimum atomic E-state index is -4.38. The molecule has 174 valence electrons. The van der Waals surface area contributed by atoms with Crippen molar-refractivity contribution in [1.29, 1.82) is 0 Å². The third-order valence-electron chi connectivity index (χ3n) is 5.03. The Hall–Kier alpha value is -2.66. The lowest BCUT2D eigenvalue weighted by Gasteiger charge is -2.16. The summed E-state index contributed by atoms with van der Waals surface area (Å²) in [5.74, 6) is 1.11. The van der Waals surface area contributed by atoms with Crippen LogP contribution in [-0.4, -0.2) is 53.0 Å². The summed E-state index contributed by atoms with van der Waals surface area (Å²) in [5.41, 5.74) is 1.90. The first kappa shape index (κ1) is 24.0. The van der Waals surface area contributed by atoms with Crippen molar-refractivity contribution in [2.45, 2.75) is 32.9 Å². The summed E-state index contributed by atoms with van der Waals surface area (Å²) >= 11 is 1.44. The van der Waals surface area contributed by atoms with Gasteiger partial charge < -0.3 is 20.5 Å². The Labute approximate surface area is 188 Å². The number of hydrogen-bond donors (Lipinski definition) is 3. The molecule has 1 atom stereocenters. The number of aromatic nitrogens is 3. The number of aryl methyl sites for hydroxylation is 1. The predicted molar refractivity (Wildman–Crippen MR) is 120 cm³/mol. The highest BCUT2D eigenvalue weighted by atomic mass is 32.1. The van der Waals surface area contributed by atoms with Crippen molar-refractivity contribution in [3.8, 4) is 16.3 Å². The molecule has 32 heavy (non-hydrogen) atoms. The Morgan fingerprint density at radius 2 is 1.97 bits per heavy atom. The molecule has 0 fully saturated rings. The molecule has 0 bridgehead atoms. The number of aliphatic hydroxyl groups is 1. The number of benzene rings is 1. The number of ether oxygens (including phenoxy) is 1. The van der Waals surface area contributed by atoms with Crippen molar-refractivity contribution >= 4 is 33.3 Å². The van der Waals surface area contributed by atoms with Crippen LogP contribution in [0.3, 0.4) is 0 Å². The quantitative estimate of drug-likeness (QED) is 0.390. The number of anilines is 2. The molecule has 1 unspecified atom stereocenters. The molecule has 0 aliphatic carbocycles. The first-order valence-corrected chi connectivity index (χ1v) is 11.0. The van der Waals surface area contributed by atoms with Crippen LogP contribution in [0.25, 0.3) is 20.8 Å². The van der Waals surface area contributed by atoms with Crippen LogP contribution in [0.5, 0.6) is 5.75 Å². The van der Waals surface area contributed by atoms with E-state index in [1.54, 1.807) is 14.0 Å². The van der Waals surface area contributed by atoms with Gasteiger partial charge in [0.25, 0.3) is 0 Å². The topological polar surface area (TPSA) is 92.2 Å². The first-order valence-electron chi connectivity index (χ1n) is 10.2. The van der Waals surface area contributed by atoms with Gasteiger partial charge in [-0.2, -0.15) is 18.2 Å². The predicted octanol–water partition coefficient (Wildman–Crippen LogP) is 4.87. The van der Waals surface area contributed by atoms with Gasteiger partial charge in [0.2, 0.25) is 5.95 Å². The van der Waals surface area contributed by atoms with E-state index in [9.17, 15) is 18.3 Å². The van der Waals surface area contributed by atoms with Crippen LogP contribution >= 0.6 is 11.3 Å². The molecule has 0 saturated carbocycles. The van der Waals surface area contributed by atoms with Crippen molar-refractivity contribution in [2.75, 3.05) is 37.4 Å². The standard InChI is InChI=1S/C21H26F3N5O2S/c1-4-13(10-30)7-8-25-18-17(12(2)27-20(29-18)26-11-21(22,23)24)19-28-15-9-14(31-3)5-6-16(15)32-19/h5-6,9,13,30H,4,7-8,10-11H2,1-3H3,(H2,25,26,27,29). The van der Waals surface area contributed by atoms with Crippen LogP contribution in [0.1, 0.15) is 25.5 Å². The number of alkyl halides is 3. The van der Waals surface area contributed by atoms with Gasteiger partial charge in [-0.05, 0) is 31.4 Å². The number of nitrogens with one attached hydrogen (secondary N) is 2. The second-order valence-corrected chi connectivity index (χ2v) is 8.38. The smallest absolute Gasteiger partial charge is 0.405 e. The lowest BCUT2D eigenvalue weighted by molar-refractivity contribution is -0.115. The Morgan fingerprint density at radius 3 is 2.62 bits per heavy atom. The largest absolute Gasteiger partial charge is 0.497 e. The maximum absolute atomic E-state index is 12.7. The van der Waals surface area contributed by atoms with E-state index in [1.165, 1.54) is 11.3 Å². The van der Waals surface area contributed by atoms with Crippen LogP contribution in [0.15, 0.2) is 18.2 Å². The number of methoxy groups -OCH3 is 1. The first-order chi connectivity index (χ1) is 15.2. The fraction of sp³-hybridized carbons (Fsp3) is 0.476. The molecule has 2 heterocycles. The molecule has 0 aliphatic heterocycles. The van der Waals surface area contributed by atoms with E-state index in [0.29, 0.717) is 40.8 Å². The van der Waals surface area contributed by atoms with Crippen molar-refractivity contribution in [1.82, 2.24) is 15.0 Å². The van der Waals surface area contributed by atoms with Crippen molar-refractivity contribution in [3.63, 3.8) is 0 Å². The lowest BCUT2D eigenvalue weighted by atomic mass is 10.0. The van der Waals surface area contributed by atoms with Gasteiger partial charge in [-0.1, -0.05) is 13.3 Å². The second-order valence-electron chi connectivity index (χ2n) is 7.35. The maximum atomic E-state index is 12.7. The molecule has 3 aromatic rings. The molecule has 11 heteroatoms. The molecule has 1 aromatic carbocycles. The van der Waals surface area contributed by atoms with Gasteiger partial charge in [-0.15, -0.1) is 11.3 Å². The Morgan fingerprint density at radius 1 is 1.19 bits per heavy atom. The monoisotopic (exact) mass is 469 g/mol. The van der Waals surface area contributed by atoms with Gasteiger partial charge in [0.15, 0.2) is 0 Å². The lowest BCUT2D eigenvalue weighted by Crippen LogP contribution is -2.23. The molecule has 0 saturated heterocycles. The third kappa shape index (κ3) is 5.98. The molecule has 0 spiro atoms. The Balaban J connectivity index is 1.97. The van der Waals surface area contributed by atoms with Crippen LogP contribution in [0.4, 0.5) is 24.9 Å². The third-order valence-corrected chi connectivity index (χ3v) is 6.08. The summed E-state index contributed by atoms with van der Waals surface area (Å²) in [5, 5.41) is 15.5. The second kappa shape index (κ2) is 10.3. The maximum Gasteiger partial charge on any atom is 0.405 e. The Bertz CT molecular complexity index is 1050. The fourth-order valence-corrected chi connectivity index (χ4v) is 4.22. The number of thiazole rings is 1. The highest BCUT2D eigenvalue weighted by Gasteiger charge is 2.27. The average molecular weight is 470 g/mol. The summed E-state index contributed by atoms with van der Waals surface area (Å²) in [6.07, 6.45) is -2.87. The molecule has 3 rings (SSSR count). The van der Waals surface area contributed by atoms with Crippen molar-refractivity contribution in [3.05, 3.63) is 23.9 Å². The van der Waals surface area contributed by atoms with E-state index in [0.717, 1.165) is 16.6 Å². The number of aliphatic hydroxyl groups excluding tert-OH is 1. The van der Waals surface area contributed by atoms with Gasteiger partial charge >= 0.3 is 6.18 Å². The zero-order valence-corrected chi connectivity index (χ0v) is 18.9. The number of fused-ring (bicyclic) bond motifs is 1. The molecule has 7 nitrogen and oxygen atoms in total. The number of hydrogen-bond acceptors (Lipinski definition) is 8. The average Bonchev–Trinajstić information content (AvgIpc) is 3.17. The summed E-state index contributed by atoms with van der Waals surface area (Å²) in [6, 6.07) is 5.58. The van der Waals surface area contributed by atoms with Crippen LogP contribution in [0.2, 0.25) is 0 Å². The van der Waals surface area contributed by atoms with Crippen molar-refractivity contribution in [2.24, 2.45) is 5.92 Å². The number of nitrogens with zero attached hydrogens (tertiary/aromatic N) is 3. The molecular weight excluding hydrogens is 443 g/mol. The van der Waals surface area contributed by atoms with E-state index in [4.69, 9.17) is 4.74 Å². The van der Waals surface area contributed by atoms with E-state index in [2.05, 4.69) is 25.6 Å². The number of rotatable bonds is 10. The Kier molecular flexibility index (Phi) is 7.73. The SMILES string of the molecule is CCC(CO)CCNc1nc(NCC(F)(F)F)nc(C)c1-c1nc2cc(OC)ccc2s1. The van der Waals surface area contributed by atoms with Crippen LogP contribution < -0.4 is 15.4 Å². The molecule has 0 amide bonds. The summed E-state index contributed by atoms with van der Waals surface area (Å²) < 4.78 is 44.2. The molecular formula is C21H26F3N5O2S. The molecule has 2 aromatic heterocycles. The summed E-state index contributed by atoms with van der Waals surface area (Å²) in [6.45, 7) is 3.06. The van der Waals surface area contributed by atoms with Gasteiger partial charge in [0, 0.05) is 19.2 Å². The minimum absolute atomic E-state index is 0.0753. The highest BCUT2D eigenvalue weighted by Crippen LogP contribution is 2.37. The van der Waals surface area contributed by atoms with Crippen LogP contribution in [-0.2, 0) is 0 Å². The summed E-state index contributed by atoms with van der Waals surface area (Å²) in [4.78, 5) is 13.2.